The van der Waals surface area contributed by atoms with Crippen LogP contribution in [0.25, 0.3) is 11.3 Å². The normalized spacial score (nSPS) is 11.1. The molecule has 3 rings (SSSR count). The van der Waals surface area contributed by atoms with E-state index < -0.39 is 9.84 Å². The molecule has 8 heteroatoms. The summed E-state index contributed by atoms with van der Waals surface area (Å²) >= 11 is 6.28. The molecule has 0 spiro atoms. The molecular formula is C21H20ClN3O3S. The van der Waals surface area contributed by atoms with Crippen molar-refractivity contribution in [2.24, 2.45) is 0 Å². The van der Waals surface area contributed by atoms with Crippen LogP contribution in [0.4, 0.5) is 11.4 Å². The minimum absolute atomic E-state index is 0.101. The van der Waals surface area contributed by atoms with Crippen molar-refractivity contribution in [2.75, 3.05) is 23.9 Å². The molecule has 1 aromatic heterocycles. The average Bonchev–Trinajstić information content (AvgIpc) is 2.69. The second-order valence-corrected chi connectivity index (χ2v) is 9.10. The van der Waals surface area contributed by atoms with Gasteiger partial charge >= 0.3 is 0 Å². The number of hydrogen-bond acceptors (Lipinski definition) is 5. The van der Waals surface area contributed by atoms with E-state index in [0.717, 1.165) is 0 Å². The maximum atomic E-state index is 12.7. The summed E-state index contributed by atoms with van der Waals surface area (Å²) < 4.78 is 23.2. The molecule has 0 aliphatic carbocycles. The van der Waals surface area contributed by atoms with Gasteiger partial charge in [-0.05, 0) is 48.0 Å². The third-order valence-corrected chi connectivity index (χ3v) is 5.39. The van der Waals surface area contributed by atoms with Crippen LogP contribution in [0.3, 0.4) is 0 Å². The van der Waals surface area contributed by atoms with E-state index in [1.165, 1.54) is 6.26 Å². The molecule has 0 aliphatic rings. The molecule has 0 atom stereocenters. The van der Waals surface area contributed by atoms with Crippen LogP contribution < -0.4 is 10.6 Å². The maximum absolute atomic E-state index is 12.7. The predicted octanol–water partition coefficient (Wildman–Crippen LogP) is 4.24. The van der Waals surface area contributed by atoms with Crippen LogP contribution in [-0.2, 0) is 15.6 Å². The van der Waals surface area contributed by atoms with Crippen LogP contribution in [0.2, 0.25) is 5.02 Å². The third kappa shape index (κ3) is 5.34. The number of carbonyl (C=O) groups excluding carboxylic acids is 1. The molecule has 1 amide bonds. The first kappa shape index (κ1) is 20.8. The zero-order valence-electron chi connectivity index (χ0n) is 15.9. The van der Waals surface area contributed by atoms with E-state index in [-0.39, 0.29) is 11.7 Å². The van der Waals surface area contributed by atoms with E-state index in [0.29, 0.717) is 38.8 Å². The van der Waals surface area contributed by atoms with Gasteiger partial charge in [0.1, 0.15) is 0 Å². The van der Waals surface area contributed by atoms with E-state index >= 15 is 0 Å². The lowest BCUT2D eigenvalue weighted by molar-refractivity contribution is 0.102. The Morgan fingerprint density at radius 2 is 1.90 bits per heavy atom. The van der Waals surface area contributed by atoms with Crippen molar-refractivity contribution in [3.8, 4) is 11.3 Å². The molecule has 0 saturated heterocycles. The van der Waals surface area contributed by atoms with Crippen molar-refractivity contribution < 1.29 is 13.2 Å². The number of benzene rings is 2. The van der Waals surface area contributed by atoms with E-state index in [1.807, 2.05) is 18.2 Å². The zero-order chi connectivity index (χ0) is 21.0. The van der Waals surface area contributed by atoms with E-state index in [9.17, 15) is 13.2 Å². The molecule has 0 bridgehead atoms. The maximum Gasteiger partial charge on any atom is 0.255 e. The molecule has 6 nitrogen and oxygen atoms in total. The number of anilines is 2. The van der Waals surface area contributed by atoms with E-state index in [4.69, 9.17) is 11.6 Å². The summed E-state index contributed by atoms with van der Waals surface area (Å²) in [4.78, 5) is 17.0. The number of halogens is 1. The summed E-state index contributed by atoms with van der Waals surface area (Å²) in [5.41, 5.74) is 3.59. The number of pyridine rings is 1. The lowest BCUT2D eigenvalue weighted by Gasteiger charge is -2.12. The number of rotatable bonds is 6. The fraction of sp³-hybridized carbons (Fsp3) is 0.143. The molecule has 0 radical (unpaired) electrons. The smallest absolute Gasteiger partial charge is 0.255 e. The monoisotopic (exact) mass is 429 g/mol. The zero-order valence-corrected chi connectivity index (χ0v) is 17.5. The summed E-state index contributed by atoms with van der Waals surface area (Å²) in [5.74, 6) is -0.419. The summed E-state index contributed by atoms with van der Waals surface area (Å²) in [6, 6.07) is 15.6. The van der Waals surface area contributed by atoms with Gasteiger partial charge in [-0.3, -0.25) is 9.78 Å². The highest BCUT2D eigenvalue weighted by molar-refractivity contribution is 7.89. The molecule has 0 unspecified atom stereocenters. The molecule has 3 aromatic rings. The van der Waals surface area contributed by atoms with Gasteiger partial charge < -0.3 is 10.6 Å². The molecule has 1 heterocycles. The number of nitrogens with zero attached hydrogens (tertiary/aromatic N) is 1. The second kappa shape index (κ2) is 8.63. The van der Waals surface area contributed by atoms with Crippen molar-refractivity contribution in [1.82, 2.24) is 4.98 Å². The third-order valence-electron chi connectivity index (χ3n) is 4.22. The fourth-order valence-electron chi connectivity index (χ4n) is 2.88. The largest absolute Gasteiger partial charge is 0.388 e. The summed E-state index contributed by atoms with van der Waals surface area (Å²) in [5, 5.41) is 6.32. The van der Waals surface area contributed by atoms with Crippen molar-refractivity contribution in [3.63, 3.8) is 0 Å². The van der Waals surface area contributed by atoms with Crippen molar-refractivity contribution in [1.29, 1.82) is 0 Å². The Morgan fingerprint density at radius 1 is 1.10 bits per heavy atom. The molecule has 0 aliphatic heterocycles. The van der Waals surface area contributed by atoms with Gasteiger partial charge in [-0.1, -0.05) is 23.7 Å². The van der Waals surface area contributed by atoms with Crippen molar-refractivity contribution in [2.45, 2.75) is 5.75 Å². The van der Waals surface area contributed by atoms with Crippen LogP contribution in [0.1, 0.15) is 15.9 Å². The molecule has 150 valence electrons. The van der Waals surface area contributed by atoms with Crippen LogP contribution in [0.15, 0.2) is 60.8 Å². The highest BCUT2D eigenvalue weighted by Gasteiger charge is 2.14. The lowest BCUT2D eigenvalue weighted by atomic mass is 10.1. The Balaban J connectivity index is 1.85. The fourth-order valence-corrected chi connectivity index (χ4v) is 3.91. The van der Waals surface area contributed by atoms with Crippen LogP contribution >= 0.6 is 11.6 Å². The Morgan fingerprint density at radius 3 is 2.55 bits per heavy atom. The number of nitrogens with one attached hydrogen (secondary N) is 2. The van der Waals surface area contributed by atoms with Gasteiger partial charge in [-0.25, -0.2) is 8.42 Å². The predicted molar refractivity (Wildman–Crippen MR) is 117 cm³/mol. The van der Waals surface area contributed by atoms with Crippen LogP contribution in [0.5, 0.6) is 0 Å². The number of aromatic nitrogens is 1. The quantitative estimate of drug-likeness (QED) is 0.611. The van der Waals surface area contributed by atoms with Crippen LogP contribution in [0, 0.1) is 0 Å². The van der Waals surface area contributed by atoms with Crippen molar-refractivity contribution in [3.05, 3.63) is 76.9 Å². The molecule has 0 fully saturated rings. The molecule has 29 heavy (non-hydrogen) atoms. The Labute approximate surface area is 174 Å². The average molecular weight is 430 g/mol. The highest BCUT2D eigenvalue weighted by Crippen LogP contribution is 2.29. The SMILES string of the molecule is CNc1cc(C(=O)Nc2ccc(Cl)c(-c3ccccn3)c2)ccc1CS(C)(=O)=O. The summed E-state index contributed by atoms with van der Waals surface area (Å²) in [7, 11) is -1.50. The van der Waals surface area contributed by atoms with Crippen LogP contribution in [-0.4, -0.2) is 32.6 Å². The summed E-state index contributed by atoms with van der Waals surface area (Å²) in [6.45, 7) is 0. The molecule has 2 N–H and O–H groups in total. The van der Waals surface area contributed by atoms with E-state index in [1.54, 1.807) is 49.6 Å². The molecular weight excluding hydrogens is 410 g/mol. The first-order valence-electron chi connectivity index (χ1n) is 8.77. The first-order valence-corrected chi connectivity index (χ1v) is 11.2. The Bertz CT molecular complexity index is 1150. The molecule has 0 saturated carbocycles. The number of sulfone groups is 1. The standard InChI is InChI=1S/C21H20ClN3O3S/c1-23-20-11-14(6-7-15(20)13-29(2,27)28)21(26)25-16-8-9-18(22)17(12-16)19-5-3-4-10-24-19/h3-12,23H,13H2,1-2H3,(H,25,26). The number of carbonyl (C=O) groups is 1. The van der Waals surface area contributed by atoms with Gasteiger partial charge in [0, 0.05) is 42.0 Å². The minimum Gasteiger partial charge on any atom is -0.388 e. The first-order chi connectivity index (χ1) is 13.8. The van der Waals surface area contributed by atoms with Gasteiger partial charge in [0.05, 0.1) is 16.5 Å². The van der Waals surface area contributed by atoms with Gasteiger partial charge in [0.15, 0.2) is 9.84 Å². The van der Waals surface area contributed by atoms with Gasteiger partial charge in [-0.2, -0.15) is 0 Å². The Kier molecular flexibility index (Phi) is 6.20. The summed E-state index contributed by atoms with van der Waals surface area (Å²) in [6.07, 6.45) is 2.85. The lowest BCUT2D eigenvalue weighted by Crippen LogP contribution is -2.13. The minimum atomic E-state index is -3.19. The van der Waals surface area contributed by atoms with Crippen molar-refractivity contribution >= 4 is 38.7 Å². The van der Waals surface area contributed by atoms with Gasteiger partial charge in [-0.15, -0.1) is 0 Å². The number of hydrogen-bond donors (Lipinski definition) is 2. The Hall–Kier alpha value is -2.90. The van der Waals surface area contributed by atoms with Gasteiger partial charge in [0.2, 0.25) is 0 Å². The highest BCUT2D eigenvalue weighted by atomic mass is 35.5. The number of amides is 1. The topological polar surface area (TPSA) is 88.2 Å². The van der Waals surface area contributed by atoms with E-state index in [2.05, 4.69) is 15.6 Å². The van der Waals surface area contributed by atoms with Gasteiger partial charge in [0.25, 0.3) is 5.91 Å². The molecule has 2 aromatic carbocycles. The second-order valence-electron chi connectivity index (χ2n) is 6.56.